The van der Waals surface area contributed by atoms with Crippen molar-refractivity contribution in [2.75, 3.05) is 18.5 Å². The minimum Gasteiger partial charge on any atom is -0.377 e. The van der Waals surface area contributed by atoms with E-state index in [0.717, 1.165) is 22.9 Å². The van der Waals surface area contributed by atoms with Crippen molar-refractivity contribution in [1.82, 2.24) is 14.9 Å². The molecule has 2 N–H and O–H groups in total. The largest absolute Gasteiger partial charge is 0.377 e. The van der Waals surface area contributed by atoms with Crippen molar-refractivity contribution < 1.29 is 17.9 Å². The van der Waals surface area contributed by atoms with Gasteiger partial charge in [0.25, 0.3) is 5.91 Å². The number of benzene rings is 1. The Labute approximate surface area is 192 Å². The number of sulfonamides is 1. The molecule has 0 bridgehead atoms. The summed E-state index contributed by atoms with van der Waals surface area (Å²) in [7, 11) is -3.65. The number of rotatable bonds is 9. The molecule has 1 aromatic carbocycles. The third-order valence-corrected chi connectivity index (χ3v) is 9.02. The van der Waals surface area contributed by atoms with Gasteiger partial charge in [0, 0.05) is 29.3 Å². The fourth-order valence-electron chi connectivity index (χ4n) is 2.89. The van der Waals surface area contributed by atoms with Gasteiger partial charge in [0.15, 0.2) is 4.34 Å². The van der Waals surface area contributed by atoms with E-state index in [1.54, 1.807) is 23.1 Å². The lowest BCUT2D eigenvalue weighted by Gasteiger charge is -2.11. The molecule has 2 aromatic heterocycles. The smallest absolute Gasteiger partial charge is 0.257 e. The average Bonchev–Trinajstić information content (AvgIpc) is 3.54. The van der Waals surface area contributed by atoms with E-state index < -0.39 is 10.0 Å². The van der Waals surface area contributed by atoms with Crippen molar-refractivity contribution in [3.63, 3.8) is 0 Å². The highest BCUT2D eigenvalue weighted by molar-refractivity contribution is 8.00. The number of thioether (sulfide) groups is 1. The monoisotopic (exact) mass is 496 g/mol. The van der Waals surface area contributed by atoms with E-state index in [2.05, 4.69) is 26.3 Å². The zero-order valence-electron chi connectivity index (χ0n) is 16.3. The maximum absolute atomic E-state index is 12.5. The molecule has 3 heterocycles. The van der Waals surface area contributed by atoms with Gasteiger partial charge in [-0.15, -0.1) is 21.5 Å². The Bertz CT molecular complexity index is 1110. The van der Waals surface area contributed by atoms with Crippen molar-refractivity contribution in [3.05, 3.63) is 52.2 Å². The summed E-state index contributed by atoms with van der Waals surface area (Å²) in [6, 6.07) is 9.84. The Morgan fingerprint density at radius 2 is 2.06 bits per heavy atom. The molecule has 3 aromatic rings. The van der Waals surface area contributed by atoms with Gasteiger partial charge in [0.2, 0.25) is 15.2 Å². The fourth-order valence-corrected chi connectivity index (χ4v) is 6.48. The normalized spacial score (nSPS) is 16.5. The van der Waals surface area contributed by atoms with Crippen LogP contribution in [-0.2, 0) is 20.5 Å². The lowest BCUT2D eigenvalue weighted by atomic mass is 10.2. The molecule has 4 rings (SSSR count). The molecule has 1 saturated heterocycles. The van der Waals surface area contributed by atoms with Crippen LogP contribution in [0, 0.1) is 0 Å². The molecule has 1 amide bonds. The third kappa shape index (κ3) is 6.11. The molecule has 0 spiro atoms. The lowest BCUT2D eigenvalue weighted by Crippen LogP contribution is -2.31. The summed E-state index contributed by atoms with van der Waals surface area (Å²) >= 11 is 4.54. The van der Waals surface area contributed by atoms with Crippen LogP contribution in [0.5, 0.6) is 0 Å². The molecule has 1 aliphatic heterocycles. The van der Waals surface area contributed by atoms with Crippen LogP contribution in [-0.4, -0.2) is 43.8 Å². The van der Waals surface area contributed by atoms with Crippen LogP contribution in [0.3, 0.4) is 0 Å². The first-order valence-corrected chi connectivity index (χ1v) is 13.7. The lowest BCUT2D eigenvalue weighted by molar-refractivity contribution is 0.102. The maximum Gasteiger partial charge on any atom is 0.257 e. The molecule has 0 radical (unpaired) electrons. The van der Waals surface area contributed by atoms with Crippen molar-refractivity contribution in [2.45, 2.75) is 33.9 Å². The minimum atomic E-state index is -3.65. The van der Waals surface area contributed by atoms with Crippen LogP contribution in [0.15, 0.2) is 51.0 Å². The molecule has 1 aliphatic rings. The highest BCUT2D eigenvalue weighted by Gasteiger charge is 2.20. The van der Waals surface area contributed by atoms with Crippen LogP contribution in [0.25, 0.3) is 0 Å². The van der Waals surface area contributed by atoms with Crippen LogP contribution >= 0.6 is 34.4 Å². The first kappa shape index (κ1) is 22.4. The summed E-state index contributed by atoms with van der Waals surface area (Å²) in [5.74, 6) is 0.430. The van der Waals surface area contributed by atoms with Crippen LogP contribution in [0.4, 0.5) is 5.13 Å². The van der Waals surface area contributed by atoms with E-state index in [4.69, 9.17) is 4.74 Å². The van der Waals surface area contributed by atoms with Crippen LogP contribution < -0.4 is 10.0 Å². The number of nitrogens with zero attached hydrogens (tertiary/aromatic N) is 2. The van der Waals surface area contributed by atoms with Crippen LogP contribution in [0.2, 0.25) is 0 Å². The van der Waals surface area contributed by atoms with Crippen molar-refractivity contribution in [1.29, 1.82) is 0 Å². The van der Waals surface area contributed by atoms with Gasteiger partial charge in [-0.25, -0.2) is 13.1 Å². The average molecular weight is 497 g/mol. The fraction of sp³-hybridized carbons (Fsp3) is 0.316. The Morgan fingerprint density at radius 3 is 2.77 bits per heavy atom. The number of ether oxygens (including phenoxy) is 1. The number of anilines is 1. The van der Waals surface area contributed by atoms with Crippen molar-refractivity contribution >= 4 is 55.5 Å². The number of hydrogen-bond donors (Lipinski definition) is 2. The summed E-state index contributed by atoms with van der Waals surface area (Å²) in [5.41, 5.74) is 0.334. The first-order valence-electron chi connectivity index (χ1n) is 9.51. The van der Waals surface area contributed by atoms with Gasteiger partial charge in [-0.1, -0.05) is 29.2 Å². The van der Waals surface area contributed by atoms with Gasteiger partial charge >= 0.3 is 0 Å². The first-order chi connectivity index (χ1) is 15.0. The maximum atomic E-state index is 12.5. The predicted molar refractivity (Wildman–Crippen MR) is 122 cm³/mol. The second-order valence-electron chi connectivity index (χ2n) is 6.71. The molecule has 1 fully saturated rings. The summed E-state index contributed by atoms with van der Waals surface area (Å²) < 4.78 is 33.6. The van der Waals surface area contributed by atoms with Gasteiger partial charge in [-0.05, 0) is 48.6 Å². The van der Waals surface area contributed by atoms with E-state index in [-0.39, 0.29) is 23.5 Å². The predicted octanol–water partition coefficient (Wildman–Crippen LogP) is 3.60. The van der Waals surface area contributed by atoms with Crippen molar-refractivity contribution in [2.24, 2.45) is 0 Å². The second kappa shape index (κ2) is 10.2. The third-order valence-electron chi connectivity index (χ3n) is 4.50. The molecular weight excluding hydrogens is 477 g/mol. The Kier molecular flexibility index (Phi) is 7.35. The molecular formula is C19H20N4O4S4. The Hall–Kier alpha value is -1.83. The zero-order chi connectivity index (χ0) is 21.7. The summed E-state index contributed by atoms with van der Waals surface area (Å²) in [5, 5.41) is 13.2. The molecule has 31 heavy (non-hydrogen) atoms. The SMILES string of the molecule is O=C(Nc1nnc(SCc2cccs2)s1)c1ccc(S(=O)(=O)NCC2CCCO2)cc1. The Morgan fingerprint density at radius 1 is 1.23 bits per heavy atom. The van der Waals surface area contributed by atoms with Gasteiger partial charge in [0.1, 0.15) is 0 Å². The number of aromatic nitrogens is 2. The minimum absolute atomic E-state index is 0.0832. The summed E-state index contributed by atoms with van der Waals surface area (Å²) in [6.45, 7) is 0.911. The highest BCUT2D eigenvalue weighted by Crippen LogP contribution is 2.29. The number of thiophene rings is 1. The van der Waals surface area contributed by atoms with Gasteiger partial charge in [-0.2, -0.15) is 0 Å². The molecule has 0 saturated carbocycles. The van der Waals surface area contributed by atoms with Crippen LogP contribution in [0.1, 0.15) is 28.1 Å². The molecule has 164 valence electrons. The van der Waals surface area contributed by atoms with Crippen molar-refractivity contribution in [3.8, 4) is 0 Å². The van der Waals surface area contributed by atoms with E-state index in [0.29, 0.717) is 17.3 Å². The molecule has 1 unspecified atom stereocenters. The number of amides is 1. The van der Waals surface area contributed by atoms with E-state index >= 15 is 0 Å². The molecule has 0 aliphatic carbocycles. The van der Waals surface area contributed by atoms with Gasteiger partial charge < -0.3 is 4.74 Å². The summed E-state index contributed by atoms with van der Waals surface area (Å²) in [6.07, 6.45) is 1.71. The quantitative estimate of drug-likeness (QED) is 0.344. The topological polar surface area (TPSA) is 110 Å². The molecule has 1 atom stereocenters. The number of hydrogen-bond acceptors (Lipinski definition) is 9. The number of carbonyl (C=O) groups is 1. The number of nitrogens with one attached hydrogen (secondary N) is 2. The highest BCUT2D eigenvalue weighted by atomic mass is 32.2. The number of carbonyl (C=O) groups excluding carboxylic acids is 1. The van der Waals surface area contributed by atoms with Gasteiger partial charge in [-0.3, -0.25) is 10.1 Å². The van der Waals surface area contributed by atoms with E-state index in [9.17, 15) is 13.2 Å². The second-order valence-corrected chi connectivity index (χ2v) is 11.7. The zero-order valence-corrected chi connectivity index (χ0v) is 19.6. The van der Waals surface area contributed by atoms with E-state index in [1.807, 2.05) is 11.4 Å². The standard InChI is InChI=1S/C19H20N4O4S4/c24-17(21-18-22-23-19(30-18)29-12-15-4-2-10-28-15)13-5-7-16(8-6-13)31(25,26)20-11-14-3-1-9-27-14/h2,4-8,10,14,20H,1,3,9,11-12H2,(H,21,22,24). The summed E-state index contributed by atoms with van der Waals surface area (Å²) in [4.78, 5) is 13.8. The molecule has 8 nitrogen and oxygen atoms in total. The Balaban J connectivity index is 1.31. The van der Waals surface area contributed by atoms with Gasteiger partial charge in [0.05, 0.1) is 11.0 Å². The molecule has 12 heteroatoms. The van der Waals surface area contributed by atoms with E-state index in [1.165, 1.54) is 40.5 Å².